The van der Waals surface area contributed by atoms with Crippen LogP contribution in [0.25, 0.3) is 0 Å². The van der Waals surface area contributed by atoms with Gasteiger partial charge in [-0.15, -0.1) is 0 Å². The van der Waals surface area contributed by atoms with Crippen LogP contribution in [0.5, 0.6) is 5.75 Å². The number of ether oxygens (including phenoxy) is 1. The monoisotopic (exact) mass is 319 g/mol. The Labute approximate surface area is 120 Å². The average Bonchev–Trinajstić information content (AvgIpc) is 2.46. The summed E-state index contributed by atoms with van der Waals surface area (Å²) in [5, 5.41) is 3.04. The van der Waals surface area contributed by atoms with Crippen LogP contribution in [-0.2, 0) is 11.4 Å². The summed E-state index contributed by atoms with van der Waals surface area (Å²) in [6, 6.07) is 17.3. The van der Waals surface area contributed by atoms with E-state index in [2.05, 4.69) is 21.2 Å². The fourth-order valence-electron chi connectivity index (χ4n) is 1.60. The molecule has 1 N–H and O–H groups in total. The average molecular weight is 320 g/mol. The number of halogens is 1. The van der Waals surface area contributed by atoms with Crippen LogP contribution in [0.15, 0.2) is 54.6 Å². The van der Waals surface area contributed by atoms with Gasteiger partial charge < -0.3 is 10.1 Å². The molecule has 0 saturated carbocycles. The molecule has 0 aliphatic heterocycles. The van der Waals surface area contributed by atoms with E-state index >= 15 is 0 Å². The van der Waals surface area contributed by atoms with Gasteiger partial charge in [0.2, 0.25) is 5.91 Å². The molecule has 0 saturated heterocycles. The second kappa shape index (κ2) is 6.95. The normalized spacial score (nSPS) is 9.95. The number of amides is 1. The highest BCUT2D eigenvalue weighted by molar-refractivity contribution is 9.09. The minimum Gasteiger partial charge on any atom is -0.489 e. The van der Waals surface area contributed by atoms with E-state index in [-0.39, 0.29) is 11.2 Å². The first-order valence-electron chi connectivity index (χ1n) is 5.90. The van der Waals surface area contributed by atoms with Gasteiger partial charge in [-0.05, 0) is 17.7 Å². The molecule has 0 unspecified atom stereocenters. The lowest BCUT2D eigenvalue weighted by Crippen LogP contribution is -2.12. The number of hydrogen-bond donors (Lipinski definition) is 1. The summed E-state index contributed by atoms with van der Waals surface area (Å²) in [5.74, 6) is 0.649. The van der Waals surface area contributed by atoms with Crippen LogP contribution in [0.3, 0.4) is 0 Å². The molecule has 2 rings (SSSR count). The standard InChI is InChI=1S/C15H14BrNO2/c16-10-15(18)17-13-7-4-8-14(9-13)19-11-12-5-2-1-3-6-12/h1-9H,10-11H2,(H,17,18). The molecule has 0 aromatic heterocycles. The van der Waals surface area contributed by atoms with Gasteiger partial charge in [0.1, 0.15) is 12.4 Å². The van der Waals surface area contributed by atoms with Crippen molar-refractivity contribution in [1.82, 2.24) is 0 Å². The van der Waals surface area contributed by atoms with Crippen LogP contribution in [-0.4, -0.2) is 11.2 Å². The lowest BCUT2D eigenvalue weighted by molar-refractivity contribution is -0.113. The number of alkyl halides is 1. The number of carbonyl (C=O) groups is 1. The van der Waals surface area contributed by atoms with Gasteiger partial charge >= 0.3 is 0 Å². The first-order chi connectivity index (χ1) is 9.28. The van der Waals surface area contributed by atoms with Crippen LogP contribution < -0.4 is 10.1 Å². The van der Waals surface area contributed by atoms with Crippen LogP contribution >= 0.6 is 15.9 Å². The van der Waals surface area contributed by atoms with E-state index in [9.17, 15) is 4.79 Å². The maximum absolute atomic E-state index is 11.3. The molecule has 0 atom stereocenters. The van der Waals surface area contributed by atoms with Gasteiger partial charge in [0, 0.05) is 11.8 Å². The van der Waals surface area contributed by atoms with E-state index in [1.807, 2.05) is 54.6 Å². The van der Waals surface area contributed by atoms with Crippen LogP contribution in [0.4, 0.5) is 5.69 Å². The summed E-state index contributed by atoms with van der Waals surface area (Å²) >= 11 is 3.11. The molecule has 0 fully saturated rings. The highest BCUT2D eigenvalue weighted by Gasteiger charge is 2.01. The lowest BCUT2D eigenvalue weighted by atomic mass is 10.2. The molecule has 0 radical (unpaired) electrons. The molecular formula is C15H14BrNO2. The van der Waals surface area contributed by atoms with Crippen LogP contribution in [0, 0.1) is 0 Å². The van der Waals surface area contributed by atoms with Gasteiger partial charge in [-0.1, -0.05) is 52.3 Å². The number of hydrogen-bond acceptors (Lipinski definition) is 2. The molecule has 0 aliphatic rings. The lowest BCUT2D eigenvalue weighted by Gasteiger charge is -2.08. The zero-order valence-electron chi connectivity index (χ0n) is 10.3. The Bertz CT molecular complexity index is 543. The first kappa shape index (κ1) is 13.6. The SMILES string of the molecule is O=C(CBr)Nc1cccc(OCc2ccccc2)c1. The van der Waals surface area contributed by atoms with Crippen molar-refractivity contribution < 1.29 is 9.53 Å². The Morgan fingerprint density at radius 1 is 1.11 bits per heavy atom. The molecule has 4 heteroatoms. The summed E-state index contributed by atoms with van der Waals surface area (Å²) in [6.45, 7) is 0.511. The predicted molar refractivity (Wildman–Crippen MR) is 79.6 cm³/mol. The first-order valence-corrected chi connectivity index (χ1v) is 7.02. The van der Waals surface area contributed by atoms with Crippen molar-refractivity contribution in [2.24, 2.45) is 0 Å². The van der Waals surface area contributed by atoms with Gasteiger partial charge in [-0.2, -0.15) is 0 Å². The summed E-state index contributed by atoms with van der Waals surface area (Å²) in [7, 11) is 0. The second-order valence-corrected chi connectivity index (χ2v) is 4.54. The Morgan fingerprint density at radius 3 is 2.63 bits per heavy atom. The molecular weight excluding hydrogens is 306 g/mol. The van der Waals surface area contributed by atoms with Crippen molar-refractivity contribution in [1.29, 1.82) is 0 Å². The third kappa shape index (κ3) is 4.41. The molecule has 0 spiro atoms. The molecule has 2 aromatic carbocycles. The number of carbonyl (C=O) groups excluding carboxylic acids is 1. The van der Waals surface area contributed by atoms with Gasteiger partial charge in [0.05, 0.1) is 5.33 Å². The summed E-state index contributed by atoms with van der Waals surface area (Å²) < 4.78 is 5.68. The Morgan fingerprint density at radius 2 is 1.89 bits per heavy atom. The third-order valence-corrected chi connectivity index (χ3v) is 3.00. The summed E-state index contributed by atoms with van der Waals surface area (Å²) in [5.41, 5.74) is 1.84. The molecule has 19 heavy (non-hydrogen) atoms. The maximum Gasteiger partial charge on any atom is 0.235 e. The largest absolute Gasteiger partial charge is 0.489 e. The van der Waals surface area contributed by atoms with E-state index in [1.165, 1.54) is 0 Å². The molecule has 3 nitrogen and oxygen atoms in total. The smallest absolute Gasteiger partial charge is 0.235 e. The van der Waals surface area contributed by atoms with Gasteiger partial charge in [-0.3, -0.25) is 4.79 Å². The number of rotatable bonds is 5. The maximum atomic E-state index is 11.3. The highest BCUT2D eigenvalue weighted by Crippen LogP contribution is 2.18. The van der Waals surface area contributed by atoms with E-state index in [0.717, 1.165) is 17.0 Å². The predicted octanol–water partition coefficient (Wildman–Crippen LogP) is 3.60. The van der Waals surface area contributed by atoms with Crippen molar-refractivity contribution in [2.75, 3.05) is 10.6 Å². The Hall–Kier alpha value is -1.81. The van der Waals surface area contributed by atoms with Crippen molar-refractivity contribution in [2.45, 2.75) is 6.61 Å². The molecule has 98 valence electrons. The van der Waals surface area contributed by atoms with Gasteiger partial charge in [0.15, 0.2) is 0 Å². The van der Waals surface area contributed by atoms with Crippen LogP contribution in [0.1, 0.15) is 5.56 Å². The molecule has 1 amide bonds. The Balaban J connectivity index is 1.97. The van der Waals surface area contributed by atoms with Crippen molar-refractivity contribution in [3.05, 3.63) is 60.2 Å². The minimum atomic E-state index is -0.0831. The fourth-order valence-corrected chi connectivity index (χ4v) is 1.74. The molecule has 0 heterocycles. The summed E-state index contributed by atoms with van der Waals surface area (Å²) in [6.07, 6.45) is 0. The molecule has 2 aromatic rings. The number of anilines is 1. The molecule has 0 aliphatic carbocycles. The third-order valence-electron chi connectivity index (χ3n) is 2.49. The zero-order chi connectivity index (χ0) is 13.5. The Kier molecular flexibility index (Phi) is 4.98. The van der Waals surface area contributed by atoms with E-state index < -0.39 is 0 Å². The minimum absolute atomic E-state index is 0.0831. The van der Waals surface area contributed by atoms with Gasteiger partial charge in [0.25, 0.3) is 0 Å². The van der Waals surface area contributed by atoms with E-state index in [1.54, 1.807) is 0 Å². The number of nitrogens with one attached hydrogen (secondary N) is 1. The fraction of sp³-hybridized carbons (Fsp3) is 0.133. The topological polar surface area (TPSA) is 38.3 Å². The highest BCUT2D eigenvalue weighted by atomic mass is 79.9. The molecule has 0 bridgehead atoms. The van der Waals surface area contributed by atoms with Crippen LogP contribution in [0.2, 0.25) is 0 Å². The van der Waals surface area contributed by atoms with E-state index in [4.69, 9.17) is 4.74 Å². The van der Waals surface area contributed by atoms with Crippen molar-refractivity contribution >= 4 is 27.5 Å². The van der Waals surface area contributed by atoms with Crippen molar-refractivity contribution in [3.8, 4) is 5.75 Å². The van der Waals surface area contributed by atoms with Gasteiger partial charge in [-0.25, -0.2) is 0 Å². The second-order valence-electron chi connectivity index (χ2n) is 3.98. The zero-order valence-corrected chi connectivity index (χ0v) is 11.9. The van der Waals surface area contributed by atoms with Crippen molar-refractivity contribution in [3.63, 3.8) is 0 Å². The summed E-state index contributed by atoms with van der Waals surface area (Å²) in [4.78, 5) is 11.3. The van der Waals surface area contributed by atoms with E-state index in [0.29, 0.717) is 6.61 Å². The quantitative estimate of drug-likeness (QED) is 0.855. The number of benzene rings is 2.